The number of aliphatic carboxylic acids is 1. The third-order valence-electron chi connectivity index (χ3n) is 5.15. The fourth-order valence-corrected chi connectivity index (χ4v) is 6.94. The van der Waals surface area contributed by atoms with Gasteiger partial charge in [-0.05, 0) is 0 Å². The van der Waals surface area contributed by atoms with Crippen molar-refractivity contribution >= 4 is 70.0 Å². The monoisotopic (exact) mass is 567 g/mol. The molecule has 0 spiro atoms. The minimum absolute atomic E-state index is 0.0267. The lowest BCUT2D eigenvalue weighted by molar-refractivity contribution is -0.146. The molecule has 0 bridgehead atoms. The summed E-state index contributed by atoms with van der Waals surface area (Å²) in [6, 6.07) is 0. The van der Waals surface area contributed by atoms with E-state index in [1.807, 2.05) is 0 Å². The van der Waals surface area contributed by atoms with Crippen LogP contribution in [-0.4, -0.2) is 83.4 Å². The third-order valence-corrected chi connectivity index (χ3v) is 8.28. The largest absolute Gasteiger partial charge is 0.493 e. The van der Waals surface area contributed by atoms with Gasteiger partial charge in [0.2, 0.25) is 11.8 Å². The third kappa shape index (κ3) is 4.89. The Morgan fingerprint density at radius 2 is 2.14 bits per heavy atom. The topological polar surface area (TPSA) is 231 Å². The van der Waals surface area contributed by atoms with Crippen molar-refractivity contribution in [3.8, 4) is 5.88 Å². The Morgan fingerprint density at radius 3 is 2.70 bits per heavy atom. The summed E-state index contributed by atoms with van der Waals surface area (Å²) in [5.74, 6) is -5.02. The van der Waals surface area contributed by atoms with Gasteiger partial charge in [0.1, 0.15) is 24.6 Å². The number of aromatic hydroxyl groups is 1. The van der Waals surface area contributed by atoms with Crippen LogP contribution >= 0.6 is 34.9 Å². The van der Waals surface area contributed by atoms with Crippen molar-refractivity contribution in [1.29, 1.82) is 0 Å². The van der Waals surface area contributed by atoms with Crippen molar-refractivity contribution in [3.63, 3.8) is 0 Å². The smallest absolute Gasteiger partial charge is 0.352 e. The fraction of sp³-hybridized carbons (Fsp3) is 0.263. The number of nitrogens with one attached hydrogen (secondary N) is 1. The Morgan fingerprint density at radius 1 is 1.38 bits per heavy atom. The van der Waals surface area contributed by atoms with Crippen LogP contribution in [0.3, 0.4) is 0 Å². The zero-order valence-corrected chi connectivity index (χ0v) is 21.1. The molecule has 194 valence electrons. The minimum Gasteiger partial charge on any atom is -0.493 e. The second-order valence-corrected chi connectivity index (χ2v) is 10.5. The summed E-state index contributed by atoms with van der Waals surface area (Å²) in [5.41, 5.74) is 5.24. The van der Waals surface area contributed by atoms with Crippen molar-refractivity contribution in [1.82, 2.24) is 25.2 Å². The van der Waals surface area contributed by atoms with Crippen LogP contribution in [-0.2, 0) is 24.1 Å². The van der Waals surface area contributed by atoms with Gasteiger partial charge in [-0.1, -0.05) is 28.7 Å². The second-order valence-electron chi connectivity index (χ2n) is 7.31. The molecule has 18 heteroatoms. The van der Waals surface area contributed by atoms with Gasteiger partial charge in [-0.15, -0.1) is 11.3 Å². The molecular formula is C19H17N7O8S3. The highest BCUT2D eigenvalue weighted by molar-refractivity contribution is 8.01. The number of oxime groups is 1. The first-order valence-electron chi connectivity index (χ1n) is 10.1. The number of carboxylic acid groups (broad SMARTS) is 2. The van der Waals surface area contributed by atoms with Gasteiger partial charge < -0.3 is 31.2 Å². The number of carbonyl (C=O) groups excluding carboxylic acids is 2. The van der Waals surface area contributed by atoms with E-state index < -0.39 is 45.4 Å². The molecule has 1 saturated heterocycles. The molecule has 2 aromatic rings. The van der Waals surface area contributed by atoms with Crippen LogP contribution in [0.1, 0.15) is 22.5 Å². The molecule has 15 nitrogen and oxygen atoms in total. The minimum atomic E-state index is -1.60. The highest BCUT2D eigenvalue weighted by Gasteiger charge is 2.56. The van der Waals surface area contributed by atoms with Crippen molar-refractivity contribution in [2.24, 2.45) is 5.16 Å². The molecule has 2 aliphatic rings. The number of β-lactam (4-membered cyclic amide) rings is 1. The van der Waals surface area contributed by atoms with E-state index in [-0.39, 0.29) is 39.4 Å². The Labute approximate surface area is 219 Å². The van der Waals surface area contributed by atoms with Gasteiger partial charge >= 0.3 is 11.9 Å². The molecule has 2 aliphatic heterocycles. The number of nitrogens with zero attached hydrogens (tertiary/aromatic N) is 5. The predicted molar refractivity (Wildman–Crippen MR) is 131 cm³/mol. The lowest BCUT2D eigenvalue weighted by Crippen LogP contribution is -2.61. The molecule has 0 aromatic carbocycles. The number of carboxylic acids is 2. The summed E-state index contributed by atoms with van der Waals surface area (Å²) in [4.78, 5) is 64.8. The van der Waals surface area contributed by atoms with Crippen molar-refractivity contribution in [3.05, 3.63) is 34.1 Å². The second kappa shape index (κ2) is 10.2. The summed E-state index contributed by atoms with van der Waals surface area (Å²) in [7, 11) is 1.24. The van der Waals surface area contributed by atoms with Crippen LogP contribution in [0.15, 0.2) is 33.2 Å². The summed E-state index contributed by atoms with van der Waals surface area (Å²) in [5, 5.41) is 36.3. The highest BCUT2D eigenvalue weighted by Crippen LogP contribution is 2.55. The Hall–Kier alpha value is -3.90. The van der Waals surface area contributed by atoms with Crippen LogP contribution in [0.4, 0.5) is 5.13 Å². The zero-order chi connectivity index (χ0) is 26.9. The van der Waals surface area contributed by atoms with Crippen molar-refractivity contribution in [2.45, 2.75) is 21.8 Å². The maximum atomic E-state index is 12.8. The Kier molecular flexibility index (Phi) is 7.23. The number of aromatic carboxylic acids is 1. The summed E-state index contributed by atoms with van der Waals surface area (Å²) in [6.07, 6.45) is 1.79. The number of carbonyl (C=O) groups is 4. The molecule has 4 heterocycles. The number of amides is 2. The van der Waals surface area contributed by atoms with Gasteiger partial charge in [0, 0.05) is 22.9 Å². The summed E-state index contributed by atoms with van der Waals surface area (Å²) < 4.78 is 0. The number of thioether (sulfide) groups is 2. The van der Waals surface area contributed by atoms with E-state index >= 15 is 0 Å². The van der Waals surface area contributed by atoms with Gasteiger partial charge in [-0.25, -0.2) is 19.6 Å². The molecule has 0 aliphatic carbocycles. The molecule has 0 radical (unpaired) electrons. The number of nitrogen functional groups attached to an aromatic ring is 1. The van der Waals surface area contributed by atoms with Crippen molar-refractivity contribution in [2.75, 3.05) is 18.6 Å². The number of hydrogen-bond acceptors (Lipinski definition) is 14. The van der Waals surface area contributed by atoms with Gasteiger partial charge in [-0.3, -0.25) is 14.5 Å². The number of rotatable bonds is 9. The maximum Gasteiger partial charge on any atom is 0.352 e. The first-order valence-corrected chi connectivity index (χ1v) is 12.8. The quantitative estimate of drug-likeness (QED) is 0.0899. The Bertz CT molecular complexity index is 1360. The number of anilines is 1. The molecule has 6 N–H and O–H groups in total. The zero-order valence-electron chi connectivity index (χ0n) is 18.6. The molecular weight excluding hydrogens is 550 g/mol. The molecule has 4 rings (SSSR count). The fourth-order valence-electron chi connectivity index (χ4n) is 3.59. The molecule has 1 unspecified atom stereocenters. The standard InChI is InChI=1S/C19H17N7O8S3/c1-34-22-4-10(27)25-19(9-6-35-17(20)23-9)8(13(16(32)33)26-11(28)2-12(26)37-19)5-36-18-21-3-7(15(30)31)14(29)24-18/h3-4,6,12H,2,5H2,1H3,(H2,20,23)(H,25,27)(H,30,31)(H,32,33)(H,21,24,29)/t12-,19?/m0/s1. The van der Waals surface area contributed by atoms with Crippen LogP contribution in [0.5, 0.6) is 5.88 Å². The lowest BCUT2D eigenvalue weighted by Gasteiger charge is -2.51. The number of aromatic nitrogens is 3. The molecule has 2 aromatic heterocycles. The average molecular weight is 568 g/mol. The van der Waals surface area contributed by atoms with E-state index in [4.69, 9.17) is 10.8 Å². The Balaban J connectivity index is 1.84. The van der Waals surface area contributed by atoms with Crippen LogP contribution < -0.4 is 11.1 Å². The lowest BCUT2D eigenvalue weighted by atomic mass is 9.98. The number of nitrogens with two attached hydrogens (primary N) is 1. The summed E-state index contributed by atoms with van der Waals surface area (Å²) >= 11 is 3.01. The van der Waals surface area contributed by atoms with Crippen LogP contribution in [0.2, 0.25) is 0 Å². The highest BCUT2D eigenvalue weighted by atomic mass is 32.2. The first-order chi connectivity index (χ1) is 17.6. The van der Waals surface area contributed by atoms with Gasteiger partial charge in [0.25, 0.3) is 5.91 Å². The van der Waals surface area contributed by atoms with Crippen LogP contribution in [0.25, 0.3) is 0 Å². The summed E-state index contributed by atoms with van der Waals surface area (Å²) in [6.45, 7) is 0. The molecule has 1 fully saturated rings. The molecule has 2 amide bonds. The average Bonchev–Trinajstić information content (AvgIpc) is 3.27. The van der Waals surface area contributed by atoms with E-state index in [1.54, 1.807) is 5.38 Å². The van der Waals surface area contributed by atoms with E-state index in [0.29, 0.717) is 0 Å². The van der Waals surface area contributed by atoms with Gasteiger partial charge in [0.05, 0.1) is 17.5 Å². The number of fused-ring (bicyclic) bond motifs is 1. The number of thiazole rings is 1. The predicted octanol–water partition coefficient (Wildman–Crippen LogP) is 0.256. The molecule has 2 atom stereocenters. The normalized spacial score (nSPS) is 20.9. The SMILES string of the molecule is CON=CC(=O)NC1(c2csc(N)n2)S[C@H]2CC(=O)N2C(C(=O)O)=C1CSc1ncc(C(=O)O)c(O)n1. The van der Waals surface area contributed by atoms with E-state index in [0.717, 1.165) is 52.2 Å². The first kappa shape index (κ1) is 26.2. The number of hydrogen-bond donors (Lipinski definition) is 5. The molecule has 0 saturated carbocycles. The van der Waals surface area contributed by atoms with Crippen molar-refractivity contribution < 1.29 is 39.3 Å². The maximum absolute atomic E-state index is 12.8. The van der Waals surface area contributed by atoms with Gasteiger partial charge in [-0.2, -0.15) is 4.98 Å². The van der Waals surface area contributed by atoms with Gasteiger partial charge in [0.15, 0.2) is 15.2 Å². The van der Waals surface area contributed by atoms with E-state index in [9.17, 15) is 29.4 Å². The van der Waals surface area contributed by atoms with Crippen LogP contribution in [0, 0.1) is 0 Å². The van der Waals surface area contributed by atoms with E-state index in [2.05, 4.69) is 30.3 Å². The van der Waals surface area contributed by atoms with E-state index in [1.165, 1.54) is 7.11 Å². The molecule has 37 heavy (non-hydrogen) atoms.